The first-order chi connectivity index (χ1) is 9.07. The molecule has 1 spiro atoms. The van der Waals surface area contributed by atoms with E-state index in [1.165, 1.54) is 50.8 Å². The van der Waals surface area contributed by atoms with Crippen molar-refractivity contribution >= 4 is 0 Å². The minimum Gasteiger partial charge on any atom is -0.311 e. The van der Waals surface area contributed by atoms with Gasteiger partial charge in [-0.05, 0) is 32.6 Å². The molecule has 110 valence electrons. The van der Waals surface area contributed by atoms with Crippen molar-refractivity contribution < 1.29 is 0 Å². The van der Waals surface area contributed by atoms with Crippen molar-refractivity contribution in [3.05, 3.63) is 11.6 Å². The molecule has 2 nitrogen and oxygen atoms in total. The average molecular weight is 264 g/mol. The van der Waals surface area contributed by atoms with E-state index in [2.05, 4.69) is 44.0 Å². The highest BCUT2D eigenvalue weighted by molar-refractivity contribution is 5.06. The fraction of sp³-hybridized carbons (Fsp3) is 0.882. The van der Waals surface area contributed by atoms with Gasteiger partial charge in [-0.2, -0.15) is 0 Å². The molecule has 2 atom stereocenters. The molecule has 1 aliphatic heterocycles. The third-order valence-electron chi connectivity index (χ3n) is 5.37. The molecule has 0 amide bonds. The zero-order valence-corrected chi connectivity index (χ0v) is 13.3. The van der Waals surface area contributed by atoms with Gasteiger partial charge < -0.3 is 5.32 Å². The maximum absolute atomic E-state index is 3.86. The zero-order valence-electron chi connectivity index (χ0n) is 13.3. The van der Waals surface area contributed by atoms with Gasteiger partial charge in [0.2, 0.25) is 0 Å². The highest BCUT2D eigenvalue weighted by atomic mass is 15.3. The molecule has 0 aromatic heterocycles. The van der Waals surface area contributed by atoms with Gasteiger partial charge in [-0.15, -0.1) is 0 Å². The average Bonchev–Trinajstić information content (AvgIpc) is 2.86. The van der Waals surface area contributed by atoms with E-state index in [1.807, 2.05) is 0 Å². The van der Waals surface area contributed by atoms with Crippen LogP contribution in [0.15, 0.2) is 11.6 Å². The van der Waals surface area contributed by atoms with Gasteiger partial charge in [-0.3, -0.25) is 4.90 Å². The van der Waals surface area contributed by atoms with Crippen LogP contribution in [0.3, 0.4) is 0 Å². The van der Waals surface area contributed by atoms with Crippen LogP contribution in [-0.2, 0) is 0 Å². The van der Waals surface area contributed by atoms with Gasteiger partial charge >= 0.3 is 0 Å². The number of hydrogen-bond acceptors (Lipinski definition) is 2. The summed E-state index contributed by atoms with van der Waals surface area (Å²) >= 11 is 0. The van der Waals surface area contributed by atoms with Gasteiger partial charge in [-0.25, -0.2) is 0 Å². The van der Waals surface area contributed by atoms with Crippen molar-refractivity contribution in [1.29, 1.82) is 0 Å². The molecule has 1 saturated heterocycles. The predicted octanol–water partition coefficient (Wildman–Crippen LogP) is 3.59. The number of rotatable bonds is 4. The Bertz CT molecular complexity index is 311. The van der Waals surface area contributed by atoms with Crippen LogP contribution in [0.5, 0.6) is 0 Å². The Morgan fingerprint density at radius 1 is 1.37 bits per heavy atom. The summed E-state index contributed by atoms with van der Waals surface area (Å²) in [5.41, 5.74) is 1.92. The first kappa shape index (κ1) is 15.1. The van der Waals surface area contributed by atoms with Crippen molar-refractivity contribution in [3.8, 4) is 0 Å². The monoisotopic (exact) mass is 264 g/mol. The van der Waals surface area contributed by atoms with E-state index in [4.69, 9.17) is 0 Å². The van der Waals surface area contributed by atoms with Crippen molar-refractivity contribution in [2.24, 2.45) is 5.92 Å². The summed E-state index contributed by atoms with van der Waals surface area (Å²) in [7, 11) is 0. The summed E-state index contributed by atoms with van der Waals surface area (Å²) in [5, 5.41) is 3.86. The molecular formula is C17H32N2. The van der Waals surface area contributed by atoms with Crippen LogP contribution in [-0.4, -0.2) is 36.1 Å². The van der Waals surface area contributed by atoms with E-state index >= 15 is 0 Å². The smallest absolute Gasteiger partial charge is 0.0338 e. The van der Waals surface area contributed by atoms with E-state index in [9.17, 15) is 0 Å². The molecule has 1 saturated carbocycles. The molecular weight excluding hydrogens is 232 g/mol. The summed E-state index contributed by atoms with van der Waals surface area (Å²) < 4.78 is 0. The van der Waals surface area contributed by atoms with Gasteiger partial charge in [-0.1, -0.05) is 44.8 Å². The number of nitrogens with zero attached hydrogens (tertiary/aromatic N) is 1. The molecule has 0 aromatic rings. The second-order valence-electron chi connectivity index (χ2n) is 6.99. The highest BCUT2D eigenvalue weighted by Gasteiger charge is 2.43. The molecule has 2 rings (SSSR count). The van der Waals surface area contributed by atoms with Crippen LogP contribution < -0.4 is 5.32 Å². The van der Waals surface area contributed by atoms with E-state index in [0.717, 1.165) is 12.5 Å². The molecule has 2 unspecified atom stereocenters. The number of nitrogens with one attached hydrogen (secondary N) is 1. The summed E-state index contributed by atoms with van der Waals surface area (Å²) in [6.07, 6.45) is 9.32. The number of piperazine rings is 1. The minimum atomic E-state index is 0.468. The van der Waals surface area contributed by atoms with E-state index in [1.54, 1.807) is 0 Å². The zero-order chi connectivity index (χ0) is 13.9. The lowest BCUT2D eigenvalue weighted by molar-refractivity contribution is 0.0410. The standard InChI is InChI=1S/C17H32N2/c1-5-15(4)16-12-19(11-8-14(2)3)17(13-18-16)9-6-7-10-17/h8,15-16,18H,5-7,9-13H2,1-4H3. The van der Waals surface area contributed by atoms with Gasteiger partial charge in [0.25, 0.3) is 0 Å². The second kappa shape index (κ2) is 6.41. The minimum absolute atomic E-state index is 0.468. The summed E-state index contributed by atoms with van der Waals surface area (Å²) in [6, 6.07) is 0.682. The summed E-state index contributed by atoms with van der Waals surface area (Å²) in [6.45, 7) is 12.7. The molecule has 0 bridgehead atoms. The van der Waals surface area contributed by atoms with Gasteiger partial charge in [0.05, 0.1) is 0 Å². The van der Waals surface area contributed by atoms with Crippen molar-refractivity contribution in [2.45, 2.75) is 71.4 Å². The lowest BCUT2D eigenvalue weighted by atomic mass is 9.87. The molecule has 0 aromatic carbocycles. The van der Waals surface area contributed by atoms with Crippen LogP contribution >= 0.6 is 0 Å². The van der Waals surface area contributed by atoms with Crippen LogP contribution in [0.25, 0.3) is 0 Å². The lowest BCUT2D eigenvalue weighted by Crippen LogP contribution is -2.64. The normalized spacial score (nSPS) is 28.5. The Morgan fingerprint density at radius 3 is 2.63 bits per heavy atom. The fourth-order valence-corrected chi connectivity index (χ4v) is 3.68. The molecule has 2 aliphatic rings. The third-order valence-corrected chi connectivity index (χ3v) is 5.37. The predicted molar refractivity (Wildman–Crippen MR) is 83.4 cm³/mol. The maximum Gasteiger partial charge on any atom is 0.0338 e. The molecule has 2 heteroatoms. The lowest BCUT2D eigenvalue weighted by Gasteiger charge is -2.49. The molecule has 2 fully saturated rings. The summed E-state index contributed by atoms with van der Waals surface area (Å²) in [4.78, 5) is 2.79. The molecule has 1 aliphatic carbocycles. The fourth-order valence-electron chi connectivity index (χ4n) is 3.68. The largest absolute Gasteiger partial charge is 0.311 e. The Balaban J connectivity index is 2.07. The Labute approximate surface area is 119 Å². The maximum atomic E-state index is 3.86. The third kappa shape index (κ3) is 3.41. The first-order valence-corrected chi connectivity index (χ1v) is 8.19. The molecule has 1 N–H and O–H groups in total. The molecule has 19 heavy (non-hydrogen) atoms. The second-order valence-corrected chi connectivity index (χ2v) is 6.99. The topological polar surface area (TPSA) is 15.3 Å². The van der Waals surface area contributed by atoms with Gasteiger partial charge in [0.15, 0.2) is 0 Å². The molecule has 1 heterocycles. The van der Waals surface area contributed by atoms with E-state index in [0.29, 0.717) is 11.6 Å². The van der Waals surface area contributed by atoms with Crippen LogP contribution in [0.2, 0.25) is 0 Å². The van der Waals surface area contributed by atoms with E-state index < -0.39 is 0 Å². The number of allylic oxidation sites excluding steroid dienone is 1. The Morgan fingerprint density at radius 2 is 2.05 bits per heavy atom. The van der Waals surface area contributed by atoms with E-state index in [-0.39, 0.29) is 0 Å². The quantitative estimate of drug-likeness (QED) is 0.781. The number of hydrogen-bond donors (Lipinski definition) is 1. The van der Waals surface area contributed by atoms with Crippen molar-refractivity contribution in [3.63, 3.8) is 0 Å². The van der Waals surface area contributed by atoms with Gasteiger partial charge in [0.1, 0.15) is 0 Å². The van der Waals surface area contributed by atoms with Crippen molar-refractivity contribution in [1.82, 2.24) is 10.2 Å². The molecule has 0 radical (unpaired) electrons. The van der Waals surface area contributed by atoms with Crippen molar-refractivity contribution in [2.75, 3.05) is 19.6 Å². The summed E-state index contributed by atoms with van der Waals surface area (Å²) in [5.74, 6) is 0.785. The van der Waals surface area contributed by atoms with Crippen LogP contribution in [0, 0.1) is 5.92 Å². The SMILES string of the molecule is CCC(C)C1CN(CC=C(C)C)C2(CCCC2)CN1. The first-order valence-electron chi connectivity index (χ1n) is 8.19. The van der Waals surface area contributed by atoms with Crippen LogP contribution in [0.1, 0.15) is 59.8 Å². The van der Waals surface area contributed by atoms with Gasteiger partial charge in [0, 0.05) is 31.2 Å². The highest BCUT2D eigenvalue weighted by Crippen LogP contribution is 2.37. The Kier molecular flexibility index (Phi) is 5.08. The Hall–Kier alpha value is -0.340. The van der Waals surface area contributed by atoms with Crippen LogP contribution in [0.4, 0.5) is 0 Å².